The standard InChI is InChI=1S/C14H23NO4/c1-14(13(17)18,12(16)15-10-6-7-10)8-2-4-11-5-3-9-19-11/h10-11H,2-9H2,1H3,(H,15,16)(H,17,18). The first-order valence-electron chi connectivity index (χ1n) is 7.18. The van der Waals surface area contributed by atoms with Crippen LogP contribution in [0.25, 0.3) is 0 Å². The molecule has 2 rings (SSSR count). The molecule has 2 aliphatic rings. The Hall–Kier alpha value is -1.10. The molecule has 2 atom stereocenters. The average Bonchev–Trinajstić information content (AvgIpc) is 3.02. The molecule has 0 bridgehead atoms. The summed E-state index contributed by atoms with van der Waals surface area (Å²) < 4.78 is 5.52. The summed E-state index contributed by atoms with van der Waals surface area (Å²) in [5.74, 6) is -1.37. The molecule has 1 saturated heterocycles. The minimum absolute atomic E-state index is 0.198. The Morgan fingerprint density at radius 2 is 2.11 bits per heavy atom. The van der Waals surface area contributed by atoms with Crippen molar-refractivity contribution in [1.82, 2.24) is 5.32 Å². The normalized spacial score (nSPS) is 25.8. The zero-order valence-electron chi connectivity index (χ0n) is 11.5. The summed E-state index contributed by atoms with van der Waals surface area (Å²) in [4.78, 5) is 23.5. The number of carbonyl (C=O) groups is 2. The van der Waals surface area contributed by atoms with E-state index in [0.29, 0.717) is 12.8 Å². The minimum atomic E-state index is -1.30. The van der Waals surface area contributed by atoms with Crippen molar-refractivity contribution in [2.24, 2.45) is 5.41 Å². The van der Waals surface area contributed by atoms with Crippen molar-refractivity contribution in [3.63, 3.8) is 0 Å². The van der Waals surface area contributed by atoms with Gasteiger partial charge in [0.2, 0.25) is 5.91 Å². The summed E-state index contributed by atoms with van der Waals surface area (Å²) in [6.45, 7) is 2.34. The highest BCUT2D eigenvalue weighted by molar-refractivity contribution is 6.01. The number of hydrogen-bond acceptors (Lipinski definition) is 3. The van der Waals surface area contributed by atoms with E-state index in [2.05, 4.69) is 5.32 Å². The Balaban J connectivity index is 1.82. The predicted molar refractivity (Wildman–Crippen MR) is 69.7 cm³/mol. The minimum Gasteiger partial charge on any atom is -0.480 e. The van der Waals surface area contributed by atoms with E-state index < -0.39 is 11.4 Å². The molecule has 1 heterocycles. The fourth-order valence-electron chi connectivity index (χ4n) is 2.45. The zero-order chi connectivity index (χ0) is 13.9. The van der Waals surface area contributed by atoms with Gasteiger partial charge in [-0.25, -0.2) is 0 Å². The van der Waals surface area contributed by atoms with E-state index in [0.717, 1.165) is 38.7 Å². The molecule has 0 aromatic heterocycles. The molecular formula is C14H23NO4. The topological polar surface area (TPSA) is 75.6 Å². The first-order valence-corrected chi connectivity index (χ1v) is 7.18. The summed E-state index contributed by atoms with van der Waals surface area (Å²) in [6.07, 6.45) is 6.27. The molecule has 0 radical (unpaired) electrons. The molecule has 1 amide bonds. The van der Waals surface area contributed by atoms with Gasteiger partial charge >= 0.3 is 5.97 Å². The molecule has 5 nitrogen and oxygen atoms in total. The lowest BCUT2D eigenvalue weighted by Crippen LogP contribution is -2.45. The second-order valence-electron chi connectivity index (χ2n) is 5.91. The van der Waals surface area contributed by atoms with Crippen LogP contribution in [0.2, 0.25) is 0 Å². The Morgan fingerprint density at radius 3 is 2.63 bits per heavy atom. The van der Waals surface area contributed by atoms with E-state index in [1.807, 2.05) is 0 Å². The van der Waals surface area contributed by atoms with Gasteiger partial charge in [0.25, 0.3) is 0 Å². The van der Waals surface area contributed by atoms with E-state index in [9.17, 15) is 14.7 Å². The predicted octanol–water partition coefficient (Wildman–Crippen LogP) is 1.71. The highest BCUT2D eigenvalue weighted by Crippen LogP contribution is 2.29. The number of hydrogen-bond donors (Lipinski definition) is 2. The van der Waals surface area contributed by atoms with Gasteiger partial charge in [-0.15, -0.1) is 0 Å². The van der Waals surface area contributed by atoms with Crippen molar-refractivity contribution in [3.05, 3.63) is 0 Å². The van der Waals surface area contributed by atoms with Crippen LogP contribution in [0.1, 0.15) is 51.9 Å². The van der Waals surface area contributed by atoms with E-state index >= 15 is 0 Å². The Kier molecular flexibility index (Phi) is 4.45. The molecule has 108 valence electrons. The largest absolute Gasteiger partial charge is 0.480 e. The number of carbonyl (C=O) groups excluding carboxylic acids is 1. The van der Waals surface area contributed by atoms with Crippen molar-refractivity contribution in [1.29, 1.82) is 0 Å². The van der Waals surface area contributed by atoms with Crippen molar-refractivity contribution < 1.29 is 19.4 Å². The fourth-order valence-corrected chi connectivity index (χ4v) is 2.45. The zero-order valence-corrected chi connectivity index (χ0v) is 11.5. The molecule has 2 unspecified atom stereocenters. The van der Waals surface area contributed by atoms with Gasteiger partial charge in [0, 0.05) is 12.6 Å². The van der Waals surface area contributed by atoms with Crippen molar-refractivity contribution in [2.45, 2.75) is 64.0 Å². The van der Waals surface area contributed by atoms with Crippen LogP contribution in [0.15, 0.2) is 0 Å². The number of aliphatic carboxylic acids is 1. The number of carboxylic acids is 1. The Morgan fingerprint density at radius 1 is 1.37 bits per heavy atom. The first kappa shape index (κ1) is 14.3. The number of ether oxygens (including phenoxy) is 1. The molecule has 1 saturated carbocycles. The average molecular weight is 269 g/mol. The molecule has 19 heavy (non-hydrogen) atoms. The first-order chi connectivity index (χ1) is 9.02. The summed E-state index contributed by atoms with van der Waals surface area (Å²) >= 11 is 0. The maximum Gasteiger partial charge on any atom is 0.318 e. The smallest absolute Gasteiger partial charge is 0.318 e. The molecule has 2 N–H and O–H groups in total. The molecule has 1 aliphatic carbocycles. The third-order valence-corrected chi connectivity index (χ3v) is 4.11. The van der Waals surface area contributed by atoms with Crippen molar-refractivity contribution >= 4 is 11.9 Å². The van der Waals surface area contributed by atoms with Crippen LogP contribution in [0.5, 0.6) is 0 Å². The monoisotopic (exact) mass is 269 g/mol. The van der Waals surface area contributed by atoms with Crippen molar-refractivity contribution in [3.8, 4) is 0 Å². The van der Waals surface area contributed by atoms with E-state index in [-0.39, 0.29) is 18.1 Å². The van der Waals surface area contributed by atoms with Crippen LogP contribution in [-0.2, 0) is 14.3 Å². The molecule has 0 aromatic rings. The van der Waals surface area contributed by atoms with Crippen LogP contribution in [0.4, 0.5) is 0 Å². The summed E-state index contributed by atoms with van der Waals surface area (Å²) in [5, 5.41) is 12.1. The van der Waals surface area contributed by atoms with Gasteiger partial charge in [0.05, 0.1) is 6.10 Å². The molecule has 1 aliphatic heterocycles. The second kappa shape index (κ2) is 5.90. The number of amides is 1. The number of carboxylic acid groups (broad SMARTS) is 1. The molecular weight excluding hydrogens is 246 g/mol. The van der Waals surface area contributed by atoms with E-state index in [1.54, 1.807) is 0 Å². The van der Waals surface area contributed by atoms with Gasteiger partial charge < -0.3 is 15.2 Å². The van der Waals surface area contributed by atoms with Crippen LogP contribution < -0.4 is 5.32 Å². The lowest BCUT2D eigenvalue weighted by atomic mass is 9.83. The highest BCUT2D eigenvalue weighted by Gasteiger charge is 2.42. The summed E-state index contributed by atoms with van der Waals surface area (Å²) in [6, 6.07) is 0.198. The van der Waals surface area contributed by atoms with Gasteiger partial charge in [-0.3, -0.25) is 9.59 Å². The molecule has 2 fully saturated rings. The quantitative estimate of drug-likeness (QED) is 0.690. The molecule has 0 spiro atoms. The van der Waals surface area contributed by atoms with Crippen molar-refractivity contribution in [2.75, 3.05) is 6.61 Å². The number of rotatable bonds is 7. The third-order valence-electron chi connectivity index (χ3n) is 4.11. The Bertz CT molecular complexity index is 347. The van der Waals surface area contributed by atoms with Gasteiger partial charge in [-0.1, -0.05) is 0 Å². The third kappa shape index (κ3) is 3.69. The summed E-state index contributed by atoms with van der Waals surface area (Å²) in [5.41, 5.74) is -1.30. The SMILES string of the molecule is CC(CCCC1CCCO1)(C(=O)O)C(=O)NC1CC1. The highest BCUT2D eigenvalue weighted by atomic mass is 16.5. The molecule has 5 heteroatoms. The van der Waals surface area contributed by atoms with Crippen LogP contribution in [0.3, 0.4) is 0 Å². The Labute approximate surface area is 113 Å². The maximum atomic E-state index is 12.1. The lowest BCUT2D eigenvalue weighted by molar-refractivity contribution is -0.155. The van der Waals surface area contributed by atoms with Gasteiger partial charge in [0.15, 0.2) is 0 Å². The van der Waals surface area contributed by atoms with E-state index in [1.165, 1.54) is 6.92 Å². The second-order valence-corrected chi connectivity index (χ2v) is 5.91. The lowest BCUT2D eigenvalue weighted by Gasteiger charge is -2.24. The van der Waals surface area contributed by atoms with Gasteiger partial charge in [-0.2, -0.15) is 0 Å². The summed E-state index contributed by atoms with van der Waals surface area (Å²) in [7, 11) is 0. The number of nitrogens with one attached hydrogen (secondary N) is 1. The molecule has 0 aromatic carbocycles. The van der Waals surface area contributed by atoms with Gasteiger partial charge in [0.1, 0.15) is 5.41 Å². The van der Waals surface area contributed by atoms with E-state index in [4.69, 9.17) is 4.74 Å². The fraction of sp³-hybridized carbons (Fsp3) is 0.857. The van der Waals surface area contributed by atoms with Crippen LogP contribution >= 0.6 is 0 Å². The maximum absolute atomic E-state index is 12.1. The van der Waals surface area contributed by atoms with Crippen LogP contribution in [0, 0.1) is 5.41 Å². The van der Waals surface area contributed by atoms with Crippen LogP contribution in [-0.4, -0.2) is 35.7 Å². The van der Waals surface area contributed by atoms with Gasteiger partial charge in [-0.05, 0) is 51.9 Å².